The first-order valence-electron chi connectivity index (χ1n) is 10.1. The number of rotatable bonds is 6. The van der Waals surface area contributed by atoms with E-state index in [-0.39, 0.29) is 12.6 Å². The molecule has 0 radical (unpaired) electrons. The third-order valence-corrected chi connectivity index (χ3v) is 5.48. The Bertz CT molecular complexity index is 1070. The van der Waals surface area contributed by atoms with Crippen molar-refractivity contribution in [1.29, 1.82) is 0 Å². The Kier molecular flexibility index (Phi) is 5.99. The van der Waals surface area contributed by atoms with E-state index in [9.17, 15) is 14.7 Å². The number of nitrogens with zero attached hydrogens (tertiary/aromatic N) is 3. The Morgan fingerprint density at radius 2 is 1.90 bits per heavy atom. The van der Waals surface area contributed by atoms with Crippen molar-refractivity contribution in [3.05, 3.63) is 83.9 Å². The van der Waals surface area contributed by atoms with Gasteiger partial charge in [0.05, 0.1) is 11.7 Å². The second-order valence-corrected chi connectivity index (χ2v) is 7.42. The van der Waals surface area contributed by atoms with Gasteiger partial charge in [-0.2, -0.15) is 0 Å². The normalized spacial score (nSPS) is 16.8. The zero-order chi connectivity index (χ0) is 21.8. The van der Waals surface area contributed by atoms with Gasteiger partial charge in [0.25, 0.3) is 0 Å². The fourth-order valence-corrected chi connectivity index (χ4v) is 3.94. The molecule has 1 aromatic heterocycles. The molecule has 3 N–H and O–H groups in total. The van der Waals surface area contributed by atoms with E-state index in [2.05, 4.69) is 4.98 Å². The zero-order valence-electron chi connectivity index (χ0n) is 16.9. The Hall–Kier alpha value is -3.65. The molecule has 0 bridgehead atoms. The molecule has 8 nitrogen and oxygen atoms in total. The number of carbonyl (C=O) groups excluding carboxylic acids is 1. The van der Waals surface area contributed by atoms with Crippen LogP contribution in [0.4, 0.5) is 4.79 Å². The summed E-state index contributed by atoms with van der Waals surface area (Å²) < 4.78 is 7.23. The summed E-state index contributed by atoms with van der Waals surface area (Å²) in [6.45, 7) is 0.612. The molecule has 0 saturated carbocycles. The lowest BCUT2D eigenvalue weighted by Crippen LogP contribution is -2.30. The van der Waals surface area contributed by atoms with Crippen LogP contribution >= 0.6 is 0 Å². The largest absolute Gasteiger partial charge is 0.465 e. The number of benzene rings is 2. The summed E-state index contributed by atoms with van der Waals surface area (Å²) in [5, 5.41) is 9.52. The first-order chi connectivity index (χ1) is 15.1. The molecule has 1 aliphatic heterocycles. The van der Waals surface area contributed by atoms with E-state index in [1.54, 1.807) is 24.5 Å². The third kappa shape index (κ3) is 4.29. The molecule has 8 heteroatoms. The van der Waals surface area contributed by atoms with Crippen LogP contribution in [-0.2, 0) is 16.1 Å². The third-order valence-electron chi connectivity index (χ3n) is 5.48. The van der Waals surface area contributed by atoms with Crippen LogP contribution in [0, 0.1) is 0 Å². The van der Waals surface area contributed by atoms with Crippen LogP contribution in [0.3, 0.4) is 0 Å². The minimum absolute atomic E-state index is 0.140. The summed E-state index contributed by atoms with van der Waals surface area (Å²) in [6, 6.07) is 15.3. The summed E-state index contributed by atoms with van der Waals surface area (Å²) in [6.07, 6.45) is 3.89. The van der Waals surface area contributed by atoms with Crippen molar-refractivity contribution in [3.63, 3.8) is 0 Å². The van der Waals surface area contributed by atoms with Crippen LogP contribution in [0.15, 0.2) is 67.0 Å². The standard InChI is InChI=1S/C23H24N4O4/c24-20(22(28)31-15-16-7-2-1-3-8-16)17-9-4-5-10-18(17)26-14-12-25-21(26)19-11-6-13-27(19)23(29)30/h1-5,7-10,12,14,19-20H,6,11,13,15,24H2,(H,29,30)/t19-,20?/m0/s1. The highest BCUT2D eigenvalue weighted by Gasteiger charge is 2.33. The summed E-state index contributed by atoms with van der Waals surface area (Å²) in [7, 11) is 0. The van der Waals surface area contributed by atoms with Gasteiger partial charge in [-0.3, -0.25) is 4.90 Å². The lowest BCUT2D eigenvalue weighted by atomic mass is 10.0. The van der Waals surface area contributed by atoms with Gasteiger partial charge in [-0.1, -0.05) is 48.5 Å². The number of para-hydroxylation sites is 1. The number of imidazole rings is 1. The van der Waals surface area contributed by atoms with Gasteiger partial charge in [0, 0.05) is 24.5 Å². The van der Waals surface area contributed by atoms with Gasteiger partial charge >= 0.3 is 12.1 Å². The molecule has 2 atom stereocenters. The van der Waals surface area contributed by atoms with Crippen LogP contribution in [0.25, 0.3) is 5.69 Å². The highest BCUT2D eigenvalue weighted by Crippen LogP contribution is 2.33. The Balaban J connectivity index is 1.59. The molecule has 1 fully saturated rings. The van der Waals surface area contributed by atoms with Gasteiger partial charge in [-0.25, -0.2) is 14.6 Å². The number of aromatic nitrogens is 2. The van der Waals surface area contributed by atoms with Gasteiger partial charge in [-0.15, -0.1) is 0 Å². The van der Waals surface area contributed by atoms with Crippen molar-refractivity contribution in [2.45, 2.75) is 31.5 Å². The van der Waals surface area contributed by atoms with Gasteiger partial charge in [0.15, 0.2) is 0 Å². The summed E-state index contributed by atoms with van der Waals surface area (Å²) >= 11 is 0. The molecule has 1 amide bonds. The average Bonchev–Trinajstić information content (AvgIpc) is 3.47. The zero-order valence-corrected chi connectivity index (χ0v) is 16.9. The number of carboxylic acid groups (broad SMARTS) is 1. The molecule has 1 saturated heterocycles. The van der Waals surface area contributed by atoms with Crippen LogP contribution in [0.2, 0.25) is 0 Å². The minimum Gasteiger partial charge on any atom is -0.465 e. The number of likely N-dealkylation sites (tertiary alicyclic amines) is 1. The predicted octanol–water partition coefficient (Wildman–Crippen LogP) is 3.43. The van der Waals surface area contributed by atoms with Crippen LogP contribution in [-0.4, -0.2) is 38.2 Å². The fraction of sp³-hybridized carbons (Fsp3) is 0.261. The average molecular weight is 420 g/mol. The van der Waals surface area contributed by atoms with Gasteiger partial charge in [0.2, 0.25) is 0 Å². The molecule has 3 aromatic rings. The first-order valence-corrected chi connectivity index (χ1v) is 10.1. The Morgan fingerprint density at radius 3 is 2.68 bits per heavy atom. The molecule has 0 aliphatic carbocycles. The molecule has 160 valence electrons. The summed E-state index contributed by atoms with van der Waals surface area (Å²) in [5.74, 6) is 0.0724. The second kappa shape index (κ2) is 9.01. The van der Waals surface area contributed by atoms with E-state index in [1.807, 2.05) is 47.0 Å². The van der Waals surface area contributed by atoms with E-state index in [4.69, 9.17) is 10.5 Å². The topological polar surface area (TPSA) is 111 Å². The molecule has 4 rings (SSSR count). The monoisotopic (exact) mass is 420 g/mol. The quantitative estimate of drug-likeness (QED) is 0.591. The molecule has 1 aliphatic rings. The maximum Gasteiger partial charge on any atom is 0.407 e. The van der Waals surface area contributed by atoms with Crippen LogP contribution in [0.5, 0.6) is 0 Å². The number of amides is 1. The van der Waals surface area contributed by atoms with Crippen molar-refractivity contribution >= 4 is 12.1 Å². The molecule has 2 heterocycles. The second-order valence-electron chi connectivity index (χ2n) is 7.42. The smallest absolute Gasteiger partial charge is 0.407 e. The Morgan fingerprint density at radius 1 is 1.16 bits per heavy atom. The van der Waals surface area contributed by atoms with Gasteiger partial charge in [-0.05, 0) is 24.5 Å². The Labute approximate surface area is 179 Å². The van der Waals surface area contributed by atoms with Crippen molar-refractivity contribution in [1.82, 2.24) is 14.5 Å². The highest BCUT2D eigenvalue weighted by atomic mass is 16.5. The van der Waals surface area contributed by atoms with E-state index < -0.39 is 18.1 Å². The van der Waals surface area contributed by atoms with Crippen LogP contribution < -0.4 is 5.73 Å². The molecular formula is C23H24N4O4. The maximum absolute atomic E-state index is 12.7. The van der Waals surface area contributed by atoms with E-state index in [0.29, 0.717) is 30.0 Å². The number of nitrogens with two attached hydrogens (primary N) is 1. The summed E-state index contributed by atoms with van der Waals surface area (Å²) in [4.78, 5) is 30.1. The van der Waals surface area contributed by atoms with E-state index in [1.165, 1.54) is 4.90 Å². The number of carbonyl (C=O) groups is 2. The molecular weight excluding hydrogens is 396 g/mol. The number of ether oxygens (including phenoxy) is 1. The number of hydrogen-bond acceptors (Lipinski definition) is 5. The van der Waals surface area contributed by atoms with Crippen LogP contribution in [0.1, 0.15) is 41.9 Å². The summed E-state index contributed by atoms with van der Waals surface area (Å²) in [5.41, 5.74) is 8.41. The van der Waals surface area contributed by atoms with Gasteiger partial charge < -0.3 is 20.1 Å². The highest BCUT2D eigenvalue weighted by molar-refractivity contribution is 5.79. The first kappa shape index (κ1) is 20.6. The number of hydrogen-bond donors (Lipinski definition) is 2. The maximum atomic E-state index is 12.7. The minimum atomic E-state index is -0.991. The molecule has 31 heavy (non-hydrogen) atoms. The predicted molar refractivity (Wildman–Crippen MR) is 113 cm³/mol. The van der Waals surface area contributed by atoms with Gasteiger partial charge in [0.1, 0.15) is 18.5 Å². The van der Waals surface area contributed by atoms with E-state index in [0.717, 1.165) is 12.0 Å². The van der Waals surface area contributed by atoms with E-state index >= 15 is 0 Å². The fourth-order valence-electron chi connectivity index (χ4n) is 3.94. The number of esters is 1. The lowest BCUT2D eigenvalue weighted by molar-refractivity contribution is -0.146. The lowest BCUT2D eigenvalue weighted by Gasteiger charge is -2.23. The van der Waals surface area contributed by atoms with Crippen molar-refractivity contribution < 1.29 is 19.4 Å². The van der Waals surface area contributed by atoms with Crippen molar-refractivity contribution in [2.24, 2.45) is 5.73 Å². The molecule has 0 spiro atoms. The van der Waals surface area contributed by atoms with Crippen molar-refractivity contribution in [3.8, 4) is 5.69 Å². The van der Waals surface area contributed by atoms with Crippen molar-refractivity contribution in [2.75, 3.05) is 6.54 Å². The molecule has 1 unspecified atom stereocenters. The SMILES string of the molecule is NC(C(=O)OCc1ccccc1)c1ccccc1-n1ccnc1[C@@H]1CCCN1C(=O)O. The molecule has 2 aromatic carbocycles.